The highest BCUT2D eigenvalue weighted by Gasteiger charge is 2.33. The number of benzene rings is 2. The summed E-state index contributed by atoms with van der Waals surface area (Å²) < 4.78 is 5.36. The van der Waals surface area contributed by atoms with Gasteiger partial charge >= 0.3 is 5.97 Å². The molecule has 2 rings (SSSR count). The van der Waals surface area contributed by atoms with Gasteiger partial charge in [0.2, 0.25) is 17.7 Å². The van der Waals surface area contributed by atoms with Gasteiger partial charge in [-0.25, -0.2) is 4.79 Å². The van der Waals surface area contributed by atoms with Crippen molar-refractivity contribution in [2.24, 2.45) is 11.8 Å². The van der Waals surface area contributed by atoms with Crippen molar-refractivity contribution in [2.45, 2.75) is 65.6 Å². The number of carbonyl (C=O) groups excluding carboxylic acids is 6. The third-order valence-electron chi connectivity index (χ3n) is 6.40. The predicted molar refractivity (Wildman–Crippen MR) is 172 cm³/mol. The van der Waals surface area contributed by atoms with Crippen LogP contribution >= 0.6 is 28.3 Å². The summed E-state index contributed by atoms with van der Waals surface area (Å²) >= 11 is 3.26. The van der Waals surface area contributed by atoms with Crippen LogP contribution < -0.4 is 21.3 Å². The van der Waals surface area contributed by atoms with Gasteiger partial charge in [0.1, 0.15) is 18.1 Å². The molecule has 0 aromatic heterocycles. The Labute approximate surface area is 272 Å². The van der Waals surface area contributed by atoms with E-state index in [1.165, 1.54) is 26.2 Å². The minimum absolute atomic E-state index is 0. The maximum atomic E-state index is 13.5. The molecule has 0 fully saturated rings. The summed E-state index contributed by atoms with van der Waals surface area (Å²) in [6, 6.07) is 10.3. The van der Waals surface area contributed by atoms with Gasteiger partial charge in [0.05, 0.1) is 18.4 Å². The Hall–Kier alpha value is -3.77. The summed E-state index contributed by atoms with van der Waals surface area (Å²) in [5.74, 6) is -4.76. The zero-order valence-electron chi connectivity index (χ0n) is 25.6. The predicted octanol–water partition coefficient (Wildman–Crippen LogP) is 3.58. The molecular formula is C31H40BrClN4O7. The molecule has 0 aliphatic carbocycles. The number of halogens is 2. The maximum absolute atomic E-state index is 13.5. The fourth-order valence-corrected chi connectivity index (χ4v) is 4.65. The molecule has 4 N–H and O–H groups in total. The van der Waals surface area contributed by atoms with Crippen LogP contribution in [0.2, 0.25) is 0 Å². The molecule has 0 radical (unpaired) electrons. The molecule has 0 spiro atoms. The zero-order valence-corrected chi connectivity index (χ0v) is 28.0. The van der Waals surface area contributed by atoms with Gasteiger partial charge in [-0.05, 0) is 42.0 Å². The summed E-state index contributed by atoms with van der Waals surface area (Å²) in [7, 11) is 1.23. The van der Waals surface area contributed by atoms with Gasteiger partial charge in [-0.2, -0.15) is 0 Å². The fraction of sp³-hybridized carbons (Fsp3) is 0.419. The summed E-state index contributed by atoms with van der Waals surface area (Å²) in [6.07, 6.45) is 0.428. The van der Waals surface area contributed by atoms with Gasteiger partial charge < -0.3 is 26.0 Å². The van der Waals surface area contributed by atoms with Crippen LogP contribution in [-0.2, 0) is 35.1 Å². The van der Waals surface area contributed by atoms with E-state index < -0.39 is 59.4 Å². The number of nitrogens with one attached hydrogen (secondary N) is 4. The van der Waals surface area contributed by atoms with Gasteiger partial charge in [0, 0.05) is 17.8 Å². The van der Waals surface area contributed by atoms with Crippen LogP contribution in [0.3, 0.4) is 0 Å². The summed E-state index contributed by atoms with van der Waals surface area (Å²) in [6.45, 7) is 8.43. The highest BCUT2D eigenvalue weighted by atomic mass is 79.9. The lowest BCUT2D eigenvalue weighted by Gasteiger charge is -2.27. The molecule has 3 atom stereocenters. The number of methoxy groups -OCH3 is 1. The van der Waals surface area contributed by atoms with Crippen LogP contribution in [-0.4, -0.2) is 60.6 Å². The Morgan fingerprint density at radius 1 is 0.841 bits per heavy atom. The van der Waals surface area contributed by atoms with Crippen LogP contribution in [0.1, 0.15) is 57.0 Å². The van der Waals surface area contributed by atoms with Crippen molar-refractivity contribution < 1.29 is 33.5 Å². The van der Waals surface area contributed by atoms with Crippen molar-refractivity contribution in [2.75, 3.05) is 12.4 Å². The van der Waals surface area contributed by atoms with Gasteiger partial charge in [0.25, 0.3) is 11.7 Å². The molecule has 0 unspecified atom stereocenters. The first-order valence-electron chi connectivity index (χ1n) is 13.9. The van der Waals surface area contributed by atoms with Crippen LogP contribution in [0.25, 0.3) is 0 Å². The number of hydrogen-bond donors (Lipinski definition) is 4. The van der Waals surface area contributed by atoms with Crippen molar-refractivity contribution >= 4 is 69.4 Å². The van der Waals surface area contributed by atoms with Crippen molar-refractivity contribution in [3.05, 3.63) is 64.1 Å². The number of hydrogen-bond acceptors (Lipinski definition) is 7. The van der Waals surface area contributed by atoms with E-state index in [0.717, 1.165) is 5.56 Å². The lowest BCUT2D eigenvalue weighted by Crippen LogP contribution is -2.58. The quantitative estimate of drug-likeness (QED) is 0.134. The van der Waals surface area contributed by atoms with E-state index in [1.807, 2.05) is 19.9 Å². The topological polar surface area (TPSA) is 160 Å². The summed E-state index contributed by atoms with van der Waals surface area (Å²) in [5.41, 5.74) is 0.828. The second-order valence-electron chi connectivity index (χ2n) is 10.9. The van der Waals surface area contributed by atoms with Crippen LogP contribution in [0.15, 0.2) is 53.0 Å². The lowest BCUT2D eigenvalue weighted by molar-refractivity contribution is -0.146. The highest BCUT2D eigenvalue weighted by Crippen LogP contribution is 2.22. The fourth-order valence-electron chi connectivity index (χ4n) is 4.29. The van der Waals surface area contributed by atoms with Crippen molar-refractivity contribution in [3.63, 3.8) is 0 Å². The van der Waals surface area contributed by atoms with Gasteiger partial charge in [-0.15, -0.1) is 12.4 Å². The minimum atomic E-state index is -1.19. The second kappa shape index (κ2) is 18.1. The normalized spacial score (nSPS) is 12.7. The monoisotopic (exact) mass is 694 g/mol. The number of amides is 4. The molecule has 11 nitrogen and oxygen atoms in total. The van der Waals surface area contributed by atoms with Gasteiger partial charge in [0.15, 0.2) is 0 Å². The molecule has 2 aromatic rings. The molecule has 0 bridgehead atoms. The molecule has 0 heterocycles. The van der Waals surface area contributed by atoms with E-state index in [-0.39, 0.29) is 36.0 Å². The summed E-state index contributed by atoms with van der Waals surface area (Å²) in [4.78, 5) is 77.2. The number of ether oxygens (including phenoxy) is 1. The zero-order chi connectivity index (χ0) is 32.3. The molecule has 2 aromatic carbocycles. The largest absolute Gasteiger partial charge is 0.467 e. The molecule has 0 saturated heterocycles. The van der Waals surface area contributed by atoms with Crippen molar-refractivity contribution in [1.29, 1.82) is 0 Å². The Kier molecular flexibility index (Phi) is 15.8. The van der Waals surface area contributed by atoms with E-state index in [0.29, 0.717) is 10.9 Å². The number of carbonyl (C=O) groups is 6. The molecule has 4 amide bonds. The second-order valence-corrected chi connectivity index (χ2v) is 11.8. The Bertz CT molecular complexity index is 1340. The van der Waals surface area contributed by atoms with Crippen LogP contribution in [0, 0.1) is 11.8 Å². The molecular weight excluding hydrogens is 656 g/mol. The van der Waals surface area contributed by atoms with E-state index >= 15 is 0 Å². The van der Waals surface area contributed by atoms with E-state index in [9.17, 15) is 28.8 Å². The molecule has 240 valence electrons. The Morgan fingerprint density at radius 2 is 1.45 bits per heavy atom. The average Bonchev–Trinajstić information content (AvgIpc) is 2.94. The van der Waals surface area contributed by atoms with E-state index in [4.69, 9.17) is 4.74 Å². The Morgan fingerprint density at radius 3 is 2.00 bits per heavy atom. The number of anilines is 1. The first kappa shape index (κ1) is 38.3. The number of ketones is 1. The lowest BCUT2D eigenvalue weighted by atomic mass is 9.99. The number of rotatable bonds is 14. The van der Waals surface area contributed by atoms with E-state index in [1.54, 1.807) is 44.2 Å². The third kappa shape index (κ3) is 11.7. The first-order chi connectivity index (χ1) is 20.2. The minimum Gasteiger partial charge on any atom is -0.467 e. The maximum Gasteiger partial charge on any atom is 0.328 e. The van der Waals surface area contributed by atoms with Crippen LogP contribution in [0.4, 0.5) is 5.69 Å². The molecule has 44 heavy (non-hydrogen) atoms. The Balaban J connectivity index is 0.00000968. The summed E-state index contributed by atoms with van der Waals surface area (Å²) in [5, 5.41) is 10.4. The molecule has 0 saturated carbocycles. The number of Topliss-reactive ketones (excluding diaryl/α,β-unsaturated/α-hetero) is 1. The molecule has 0 aliphatic heterocycles. The van der Waals surface area contributed by atoms with E-state index in [2.05, 4.69) is 37.2 Å². The molecule has 13 heteroatoms. The van der Waals surface area contributed by atoms with Crippen molar-refractivity contribution in [1.82, 2.24) is 16.0 Å². The van der Waals surface area contributed by atoms with Gasteiger partial charge in [-0.3, -0.25) is 24.0 Å². The van der Waals surface area contributed by atoms with Crippen LogP contribution in [0.5, 0.6) is 0 Å². The molecule has 0 aliphatic rings. The third-order valence-corrected chi connectivity index (χ3v) is 6.90. The van der Waals surface area contributed by atoms with Gasteiger partial charge in [-0.1, -0.05) is 74.0 Å². The SMILES string of the molecule is COC(=O)[C@H](CC(C)C)NC(=O)[C@H](Cc1ccccc1)NC(=O)[C@@H](NC(=O)C(=O)c1cc(Br)ccc1NC(C)=O)C(C)C.Cl. The van der Waals surface area contributed by atoms with Crippen molar-refractivity contribution in [3.8, 4) is 0 Å². The number of esters is 1. The standard InChI is InChI=1S/C31H39BrN4O7.ClH/c1-17(2)14-25(31(42)43-6)35-28(39)24(15-20-10-8-7-9-11-20)34-29(40)26(18(3)4)36-30(41)27(38)22-16-21(32)12-13-23(22)33-19(5)37;/h7-13,16-18,24-26H,14-15H2,1-6H3,(H,33,37)(H,34,40)(H,35,39)(H,36,41);1H/t24-,25-,26-;/m0./s1. The smallest absolute Gasteiger partial charge is 0.328 e. The highest BCUT2D eigenvalue weighted by molar-refractivity contribution is 9.10. The average molecular weight is 696 g/mol. The first-order valence-corrected chi connectivity index (χ1v) is 14.7.